The maximum atomic E-state index is 5.74. The van der Waals surface area contributed by atoms with Crippen molar-refractivity contribution >= 4 is 15.9 Å². The van der Waals surface area contributed by atoms with E-state index >= 15 is 0 Å². The van der Waals surface area contributed by atoms with Gasteiger partial charge in [-0.25, -0.2) is 0 Å². The van der Waals surface area contributed by atoms with Crippen LogP contribution in [0.4, 0.5) is 0 Å². The molecule has 0 bridgehead atoms. The van der Waals surface area contributed by atoms with Gasteiger partial charge in [-0.3, -0.25) is 4.68 Å². The van der Waals surface area contributed by atoms with Crippen molar-refractivity contribution in [3.05, 3.63) is 16.4 Å². The molecular formula is C14H24BrN3O2. The molecule has 20 heavy (non-hydrogen) atoms. The molecule has 2 rings (SSSR count). The lowest BCUT2D eigenvalue weighted by Gasteiger charge is -2.27. The molecule has 0 amide bonds. The van der Waals surface area contributed by atoms with Crippen molar-refractivity contribution in [1.82, 2.24) is 15.1 Å². The first-order chi connectivity index (χ1) is 9.69. The van der Waals surface area contributed by atoms with E-state index in [1.165, 1.54) is 5.69 Å². The van der Waals surface area contributed by atoms with Gasteiger partial charge in [-0.05, 0) is 35.8 Å². The van der Waals surface area contributed by atoms with Crippen molar-refractivity contribution in [3.8, 4) is 0 Å². The summed E-state index contributed by atoms with van der Waals surface area (Å²) >= 11 is 3.64. The van der Waals surface area contributed by atoms with Crippen molar-refractivity contribution in [2.24, 2.45) is 5.92 Å². The maximum Gasteiger partial charge on any atom is 0.0700 e. The predicted molar refractivity (Wildman–Crippen MR) is 81.7 cm³/mol. The van der Waals surface area contributed by atoms with Crippen molar-refractivity contribution in [2.45, 2.75) is 39.0 Å². The lowest BCUT2D eigenvalue weighted by molar-refractivity contribution is 0.0940. The lowest BCUT2D eigenvalue weighted by atomic mass is 9.91. The highest BCUT2D eigenvalue weighted by atomic mass is 79.9. The topological polar surface area (TPSA) is 48.3 Å². The quantitative estimate of drug-likeness (QED) is 0.824. The molecule has 6 heteroatoms. The van der Waals surface area contributed by atoms with E-state index < -0.39 is 0 Å². The fourth-order valence-electron chi connectivity index (χ4n) is 2.89. The van der Waals surface area contributed by atoms with Gasteiger partial charge in [0.15, 0.2) is 0 Å². The normalized spacial score (nSPS) is 24.2. The van der Waals surface area contributed by atoms with Crippen LogP contribution in [0.1, 0.15) is 32.0 Å². The monoisotopic (exact) mass is 345 g/mol. The average molecular weight is 346 g/mol. The number of hydrogen-bond donors (Lipinski definition) is 1. The summed E-state index contributed by atoms with van der Waals surface area (Å²) in [5.74, 6) is 0.476. The zero-order chi connectivity index (χ0) is 14.5. The summed E-state index contributed by atoms with van der Waals surface area (Å²) in [7, 11) is 1.72. The fourth-order valence-corrected chi connectivity index (χ4v) is 3.44. The third kappa shape index (κ3) is 3.42. The molecule has 114 valence electrons. The van der Waals surface area contributed by atoms with Gasteiger partial charge in [0.2, 0.25) is 0 Å². The minimum atomic E-state index is 0.256. The van der Waals surface area contributed by atoms with E-state index in [1.54, 1.807) is 7.11 Å². The number of ether oxygens (including phenoxy) is 2. The van der Waals surface area contributed by atoms with Crippen molar-refractivity contribution < 1.29 is 9.47 Å². The number of rotatable bonds is 7. The van der Waals surface area contributed by atoms with Gasteiger partial charge in [-0.1, -0.05) is 6.92 Å². The molecule has 1 fully saturated rings. The van der Waals surface area contributed by atoms with Gasteiger partial charge in [0.25, 0.3) is 0 Å². The number of nitrogens with zero attached hydrogens (tertiary/aromatic N) is 2. The molecule has 1 N–H and O–H groups in total. The van der Waals surface area contributed by atoms with Crippen molar-refractivity contribution in [1.29, 1.82) is 0 Å². The summed E-state index contributed by atoms with van der Waals surface area (Å²) in [6.07, 6.45) is 3.23. The van der Waals surface area contributed by atoms with Gasteiger partial charge in [0.05, 0.1) is 41.7 Å². The van der Waals surface area contributed by atoms with E-state index in [1.807, 2.05) is 10.9 Å². The molecule has 1 aliphatic rings. The summed E-state index contributed by atoms with van der Waals surface area (Å²) in [6, 6.07) is 0.256. The van der Waals surface area contributed by atoms with Crippen LogP contribution < -0.4 is 5.32 Å². The largest absolute Gasteiger partial charge is 0.383 e. The van der Waals surface area contributed by atoms with Gasteiger partial charge < -0.3 is 14.8 Å². The van der Waals surface area contributed by atoms with Crippen LogP contribution in [0.15, 0.2) is 10.7 Å². The van der Waals surface area contributed by atoms with Crippen molar-refractivity contribution in [2.75, 3.05) is 26.9 Å². The Morgan fingerprint density at radius 2 is 2.45 bits per heavy atom. The Hall–Kier alpha value is -0.430. The molecule has 2 heterocycles. The van der Waals surface area contributed by atoms with Gasteiger partial charge in [-0.15, -0.1) is 0 Å². The van der Waals surface area contributed by atoms with Crippen LogP contribution in [0.5, 0.6) is 0 Å². The average Bonchev–Trinajstić information content (AvgIpc) is 3.01. The standard InChI is InChI=1S/C14H24BrN3O2/c1-4-16-13(11-5-7-20-10(11)2)14-12(15)9-17-18(14)6-8-19-3/h9-11,13,16H,4-8H2,1-3H3. The zero-order valence-corrected chi connectivity index (χ0v) is 14.0. The second-order valence-electron chi connectivity index (χ2n) is 5.16. The Kier molecular flexibility index (Phi) is 6.01. The smallest absolute Gasteiger partial charge is 0.0700 e. The Balaban J connectivity index is 2.26. The molecule has 1 saturated heterocycles. The highest BCUT2D eigenvalue weighted by molar-refractivity contribution is 9.10. The predicted octanol–water partition coefficient (Wildman–Crippen LogP) is 2.37. The first-order valence-corrected chi connectivity index (χ1v) is 8.03. The number of nitrogens with one attached hydrogen (secondary N) is 1. The minimum Gasteiger partial charge on any atom is -0.383 e. The summed E-state index contributed by atoms with van der Waals surface area (Å²) < 4.78 is 14.0. The molecule has 3 unspecified atom stereocenters. The first-order valence-electron chi connectivity index (χ1n) is 7.24. The summed E-state index contributed by atoms with van der Waals surface area (Å²) in [6.45, 7) is 7.49. The van der Waals surface area contributed by atoms with Gasteiger partial charge in [0.1, 0.15) is 0 Å². The van der Waals surface area contributed by atoms with Gasteiger partial charge in [0, 0.05) is 19.6 Å². The van der Waals surface area contributed by atoms with E-state index in [9.17, 15) is 0 Å². The molecule has 0 aromatic carbocycles. The van der Waals surface area contributed by atoms with Crippen LogP contribution in [-0.4, -0.2) is 42.8 Å². The Morgan fingerprint density at radius 1 is 1.65 bits per heavy atom. The van der Waals surface area contributed by atoms with E-state index in [-0.39, 0.29) is 12.1 Å². The van der Waals surface area contributed by atoms with E-state index in [0.29, 0.717) is 12.5 Å². The fraction of sp³-hybridized carbons (Fsp3) is 0.786. The van der Waals surface area contributed by atoms with Crippen LogP contribution in [0.2, 0.25) is 0 Å². The minimum absolute atomic E-state index is 0.256. The van der Waals surface area contributed by atoms with Gasteiger partial charge in [-0.2, -0.15) is 5.10 Å². The summed E-state index contributed by atoms with van der Waals surface area (Å²) in [5.41, 5.74) is 1.20. The van der Waals surface area contributed by atoms with Crippen molar-refractivity contribution in [3.63, 3.8) is 0 Å². The Morgan fingerprint density at radius 3 is 3.05 bits per heavy atom. The maximum absolute atomic E-state index is 5.74. The highest BCUT2D eigenvalue weighted by Crippen LogP contribution is 2.36. The molecular weight excluding hydrogens is 322 g/mol. The van der Waals surface area contributed by atoms with Crippen LogP contribution in [0.3, 0.4) is 0 Å². The molecule has 3 atom stereocenters. The third-order valence-corrected chi connectivity index (χ3v) is 4.53. The molecule has 0 spiro atoms. The zero-order valence-electron chi connectivity index (χ0n) is 12.4. The van der Waals surface area contributed by atoms with Crippen LogP contribution in [0, 0.1) is 5.92 Å². The number of aromatic nitrogens is 2. The van der Waals surface area contributed by atoms with E-state index in [0.717, 1.165) is 30.6 Å². The molecule has 0 aliphatic carbocycles. The van der Waals surface area contributed by atoms with Crippen LogP contribution in [0.25, 0.3) is 0 Å². The summed E-state index contributed by atoms with van der Waals surface area (Å²) in [4.78, 5) is 0. The molecule has 1 aromatic heterocycles. The SMILES string of the molecule is CCNC(c1c(Br)cnn1CCOC)C1CCOC1C. The Bertz CT molecular complexity index is 425. The first kappa shape index (κ1) is 15.9. The molecule has 1 aromatic rings. The molecule has 0 saturated carbocycles. The summed E-state index contributed by atoms with van der Waals surface area (Å²) in [5, 5.41) is 8.07. The van der Waals surface area contributed by atoms with Gasteiger partial charge >= 0.3 is 0 Å². The molecule has 5 nitrogen and oxygen atoms in total. The molecule has 1 aliphatic heterocycles. The second kappa shape index (κ2) is 7.54. The third-order valence-electron chi connectivity index (χ3n) is 3.92. The number of halogens is 1. The number of methoxy groups -OCH3 is 1. The highest BCUT2D eigenvalue weighted by Gasteiger charge is 2.35. The lowest BCUT2D eigenvalue weighted by Crippen LogP contribution is -2.34. The Labute approximate surface area is 129 Å². The van der Waals surface area contributed by atoms with Crippen LogP contribution >= 0.6 is 15.9 Å². The van der Waals surface area contributed by atoms with E-state index in [4.69, 9.17) is 9.47 Å². The second-order valence-corrected chi connectivity index (χ2v) is 6.01. The number of hydrogen-bond acceptors (Lipinski definition) is 4. The van der Waals surface area contributed by atoms with Crippen LogP contribution in [-0.2, 0) is 16.0 Å². The van der Waals surface area contributed by atoms with E-state index in [2.05, 4.69) is 40.2 Å². The molecule has 0 radical (unpaired) electrons.